The third-order valence-corrected chi connectivity index (χ3v) is 1.68. The number of amidine groups is 1. The highest BCUT2D eigenvalue weighted by Crippen LogP contribution is 1.98. The maximum atomic E-state index is 11.2. The molecule has 0 saturated heterocycles. The van der Waals surface area contributed by atoms with Crippen LogP contribution in [0.25, 0.3) is 0 Å². The zero-order valence-corrected chi connectivity index (χ0v) is 9.36. The second kappa shape index (κ2) is 6.92. The van der Waals surface area contributed by atoms with E-state index in [2.05, 4.69) is 10.5 Å². The molecule has 0 radical (unpaired) electrons. The van der Waals surface area contributed by atoms with Crippen molar-refractivity contribution in [1.82, 2.24) is 5.32 Å². The molecule has 0 spiro atoms. The average Bonchev–Trinajstić information content (AvgIpc) is 2.14. The van der Waals surface area contributed by atoms with Crippen LogP contribution in [0.4, 0.5) is 4.79 Å². The van der Waals surface area contributed by atoms with E-state index in [0.29, 0.717) is 6.42 Å². The molecule has 1 atom stereocenters. The number of carbonyl (C=O) groups excluding carboxylic acids is 1. The number of oxime groups is 1. The molecular formula is C9H19N3O3. The second-order valence-electron chi connectivity index (χ2n) is 3.46. The van der Waals surface area contributed by atoms with E-state index in [1.54, 1.807) is 13.8 Å². The number of carbonyl (C=O) groups is 1. The molecule has 6 nitrogen and oxygen atoms in total. The van der Waals surface area contributed by atoms with Gasteiger partial charge in [0.15, 0.2) is 5.84 Å². The van der Waals surface area contributed by atoms with Gasteiger partial charge in [0.25, 0.3) is 0 Å². The molecule has 88 valence electrons. The Hall–Kier alpha value is -1.46. The Balaban J connectivity index is 4.22. The van der Waals surface area contributed by atoms with Crippen molar-refractivity contribution in [2.24, 2.45) is 10.9 Å². The molecule has 6 heteroatoms. The van der Waals surface area contributed by atoms with Crippen LogP contribution in [-0.2, 0) is 4.74 Å². The van der Waals surface area contributed by atoms with Crippen LogP contribution >= 0.6 is 0 Å². The normalized spacial score (nSPS) is 13.7. The van der Waals surface area contributed by atoms with Gasteiger partial charge in [-0.1, -0.05) is 18.5 Å². The van der Waals surface area contributed by atoms with Gasteiger partial charge in [-0.05, 0) is 20.3 Å². The van der Waals surface area contributed by atoms with Gasteiger partial charge in [-0.15, -0.1) is 0 Å². The predicted octanol–water partition coefficient (Wildman–Crippen LogP) is 1.04. The average molecular weight is 217 g/mol. The number of nitrogens with two attached hydrogens (primary N) is 1. The van der Waals surface area contributed by atoms with E-state index in [4.69, 9.17) is 15.7 Å². The van der Waals surface area contributed by atoms with Crippen molar-refractivity contribution in [1.29, 1.82) is 0 Å². The highest BCUT2D eigenvalue weighted by molar-refractivity contribution is 5.88. The highest BCUT2D eigenvalue weighted by atomic mass is 16.6. The molecular weight excluding hydrogens is 198 g/mol. The lowest BCUT2D eigenvalue weighted by atomic mass is 10.1. The van der Waals surface area contributed by atoms with Gasteiger partial charge in [0.2, 0.25) is 0 Å². The van der Waals surface area contributed by atoms with E-state index >= 15 is 0 Å². The van der Waals surface area contributed by atoms with Gasteiger partial charge in [0.1, 0.15) is 0 Å². The van der Waals surface area contributed by atoms with E-state index in [1.165, 1.54) is 0 Å². The van der Waals surface area contributed by atoms with Crippen molar-refractivity contribution in [3.63, 3.8) is 0 Å². The minimum Gasteiger partial charge on any atom is -0.447 e. The first kappa shape index (κ1) is 13.5. The molecule has 0 bridgehead atoms. The first-order chi connectivity index (χ1) is 7.01. The van der Waals surface area contributed by atoms with Crippen molar-refractivity contribution < 1.29 is 14.7 Å². The fourth-order valence-corrected chi connectivity index (χ4v) is 1.04. The summed E-state index contributed by atoms with van der Waals surface area (Å²) in [6.45, 7) is 5.43. The zero-order valence-electron chi connectivity index (χ0n) is 9.36. The molecule has 0 aromatic heterocycles. The standard InChI is InChI=1S/C9H19N3O3/c1-4-5-7(8(10)12-14)11-9(13)15-6(2)3/h6-7,14H,4-5H2,1-3H3,(H2,10,12)(H,11,13). The summed E-state index contributed by atoms with van der Waals surface area (Å²) in [6.07, 6.45) is 0.654. The van der Waals surface area contributed by atoms with Crippen LogP contribution in [0.2, 0.25) is 0 Å². The SMILES string of the molecule is CCCC(NC(=O)OC(C)C)C(N)=NO. The molecule has 0 heterocycles. The van der Waals surface area contributed by atoms with Crippen LogP contribution in [0, 0.1) is 0 Å². The number of ether oxygens (including phenoxy) is 1. The van der Waals surface area contributed by atoms with Crippen LogP contribution in [0.15, 0.2) is 5.16 Å². The molecule has 4 N–H and O–H groups in total. The first-order valence-corrected chi connectivity index (χ1v) is 4.95. The Bertz CT molecular complexity index is 229. The fraction of sp³-hybridized carbons (Fsp3) is 0.778. The Morgan fingerprint density at radius 1 is 1.60 bits per heavy atom. The summed E-state index contributed by atoms with van der Waals surface area (Å²) >= 11 is 0. The van der Waals surface area contributed by atoms with Crippen LogP contribution < -0.4 is 11.1 Å². The van der Waals surface area contributed by atoms with Gasteiger partial charge in [-0.2, -0.15) is 0 Å². The summed E-state index contributed by atoms with van der Waals surface area (Å²) in [4.78, 5) is 11.2. The van der Waals surface area contributed by atoms with Gasteiger partial charge < -0.3 is 21.0 Å². The van der Waals surface area contributed by atoms with Crippen LogP contribution in [0.3, 0.4) is 0 Å². The molecule has 1 unspecified atom stereocenters. The van der Waals surface area contributed by atoms with Crippen molar-refractivity contribution >= 4 is 11.9 Å². The van der Waals surface area contributed by atoms with Gasteiger partial charge in [0.05, 0.1) is 12.1 Å². The quantitative estimate of drug-likeness (QED) is 0.277. The van der Waals surface area contributed by atoms with Gasteiger partial charge >= 0.3 is 6.09 Å². The Morgan fingerprint density at radius 2 is 2.20 bits per heavy atom. The molecule has 15 heavy (non-hydrogen) atoms. The van der Waals surface area contributed by atoms with E-state index in [-0.39, 0.29) is 11.9 Å². The number of nitrogens with one attached hydrogen (secondary N) is 1. The molecule has 0 aromatic rings. The number of hydrogen-bond acceptors (Lipinski definition) is 4. The van der Waals surface area contributed by atoms with Crippen molar-refractivity contribution in [2.75, 3.05) is 0 Å². The lowest BCUT2D eigenvalue weighted by molar-refractivity contribution is 0.114. The number of amides is 1. The van der Waals surface area contributed by atoms with Crippen LogP contribution in [0.1, 0.15) is 33.6 Å². The van der Waals surface area contributed by atoms with Crippen LogP contribution in [0.5, 0.6) is 0 Å². The van der Waals surface area contributed by atoms with Crippen molar-refractivity contribution in [3.05, 3.63) is 0 Å². The largest absolute Gasteiger partial charge is 0.447 e. The summed E-state index contributed by atoms with van der Waals surface area (Å²) < 4.78 is 4.88. The molecule has 0 rings (SSSR count). The van der Waals surface area contributed by atoms with Crippen LogP contribution in [-0.4, -0.2) is 29.3 Å². The highest BCUT2D eigenvalue weighted by Gasteiger charge is 2.17. The molecule has 0 saturated carbocycles. The first-order valence-electron chi connectivity index (χ1n) is 4.95. The zero-order chi connectivity index (χ0) is 11.8. The fourth-order valence-electron chi connectivity index (χ4n) is 1.04. The molecule has 0 aromatic carbocycles. The van der Waals surface area contributed by atoms with Crippen molar-refractivity contribution in [3.8, 4) is 0 Å². The minimum absolute atomic E-state index is 0.0162. The maximum absolute atomic E-state index is 11.2. The Morgan fingerprint density at radius 3 is 2.60 bits per heavy atom. The van der Waals surface area contributed by atoms with E-state index in [9.17, 15) is 4.79 Å². The third-order valence-electron chi connectivity index (χ3n) is 1.68. The topological polar surface area (TPSA) is 96.9 Å². The molecule has 0 aliphatic heterocycles. The van der Waals surface area contributed by atoms with Gasteiger partial charge in [0, 0.05) is 0 Å². The lowest BCUT2D eigenvalue weighted by Crippen LogP contribution is -2.45. The molecule has 0 fully saturated rings. The minimum atomic E-state index is -0.560. The molecule has 1 amide bonds. The summed E-state index contributed by atoms with van der Waals surface area (Å²) in [6, 6.07) is -0.480. The summed E-state index contributed by atoms with van der Waals surface area (Å²) in [5.74, 6) is -0.0162. The molecule has 0 aliphatic carbocycles. The maximum Gasteiger partial charge on any atom is 0.407 e. The van der Waals surface area contributed by atoms with E-state index < -0.39 is 12.1 Å². The van der Waals surface area contributed by atoms with E-state index in [1.807, 2.05) is 6.92 Å². The smallest absolute Gasteiger partial charge is 0.407 e. The number of hydrogen-bond donors (Lipinski definition) is 3. The summed E-state index contributed by atoms with van der Waals surface area (Å²) in [5, 5.41) is 13.9. The number of nitrogens with zero attached hydrogens (tertiary/aromatic N) is 1. The van der Waals surface area contributed by atoms with Gasteiger partial charge in [-0.25, -0.2) is 4.79 Å². The predicted molar refractivity (Wildman–Crippen MR) is 56.9 cm³/mol. The number of rotatable bonds is 5. The molecule has 0 aliphatic rings. The summed E-state index contributed by atoms with van der Waals surface area (Å²) in [5.41, 5.74) is 5.41. The Kier molecular flexibility index (Phi) is 6.24. The second-order valence-corrected chi connectivity index (χ2v) is 3.46. The lowest BCUT2D eigenvalue weighted by Gasteiger charge is -2.17. The summed E-state index contributed by atoms with van der Waals surface area (Å²) in [7, 11) is 0. The monoisotopic (exact) mass is 217 g/mol. The third kappa shape index (κ3) is 5.77. The van der Waals surface area contributed by atoms with Crippen molar-refractivity contribution in [2.45, 2.75) is 45.8 Å². The van der Waals surface area contributed by atoms with E-state index in [0.717, 1.165) is 6.42 Å². The Labute approximate surface area is 89.5 Å². The number of alkyl carbamates (subject to hydrolysis) is 1. The van der Waals surface area contributed by atoms with Gasteiger partial charge in [-0.3, -0.25) is 0 Å².